The molecule has 2 N–H and O–H groups in total. The SMILES string of the molecule is Cc1cccnc1CC(N)C1CCCCO1. The van der Waals surface area contributed by atoms with Crippen LogP contribution in [0.2, 0.25) is 0 Å². The fraction of sp³-hybridized carbons (Fsp3) is 0.615. The molecule has 88 valence electrons. The van der Waals surface area contributed by atoms with Gasteiger partial charge in [0.2, 0.25) is 0 Å². The van der Waals surface area contributed by atoms with Gasteiger partial charge in [-0.15, -0.1) is 0 Å². The molecule has 1 aromatic heterocycles. The lowest BCUT2D eigenvalue weighted by atomic mass is 9.97. The van der Waals surface area contributed by atoms with E-state index in [2.05, 4.69) is 18.0 Å². The first kappa shape index (κ1) is 11.6. The van der Waals surface area contributed by atoms with Crippen molar-refractivity contribution in [1.82, 2.24) is 4.98 Å². The van der Waals surface area contributed by atoms with Crippen molar-refractivity contribution in [2.45, 2.75) is 44.8 Å². The molecule has 1 aliphatic rings. The normalized spacial score (nSPS) is 23.0. The van der Waals surface area contributed by atoms with Gasteiger partial charge in [0.05, 0.1) is 6.10 Å². The minimum absolute atomic E-state index is 0.0777. The maximum Gasteiger partial charge on any atom is 0.0729 e. The standard InChI is InChI=1S/C13H20N2O/c1-10-5-4-7-15-12(10)9-11(14)13-6-2-3-8-16-13/h4-5,7,11,13H,2-3,6,8-9,14H2,1H3. The second-order valence-electron chi connectivity index (χ2n) is 4.54. The highest BCUT2D eigenvalue weighted by molar-refractivity contribution is 5.18. The number of nitrogens with zero attached hydrogens (tertiary/aromatic N) is 1. The minimum atomic E-state index is 0.0777. The second kappa shape index (κ2) is 5.41. The predicted octanol–water partition coefficient (Wildman–Crippen LogP) is 1.83. The Labute approximate surface area is 97.0 Å². The summed E-state index contributed by atoms with van der Waals surface area (Å²) in [5.41, 5.74) is 8.50. The molecular formula is C13H20N2O. The number of hydrogen-bond acceptors (Lipinski definition) is 3. The zero-order valence-electron chi connectivity index (χ0n) is 9.86. The molecule has 0 radical (unpaired) electrons. The first-order valence-electron chi connectivity index (χ1n) is 6.05. The topological polar surface area (TPSA) is 48.1 Å². The Morgan fingerprint density at radius 2 is 2.44 bits per heavy atom. The minimum Gasteiger partial charge on any atom is -0.377 e. The third-order valence-corrected chi connectivity index (χ3v) is 3.24. The lowest BCUT2D eigenvalue weighted by Crippen LogP contribution is -2.40. The number of hydrogen-bond donors (Lipinski definition) is 1. The number of ether oxygens (including phenoxy) is 1. The van der Waals surface area contributed by atoms with E-state index in [0.29, 0.717) is 0 Å². The largest absolute Gasteiger partial charge is 0.377 e. The van der Waals surface area contributed by atoms with Gasteiger partial charge >= 0.3 is 0 Å². The van der Waals surface area contributed by atoms with E-state index in [1.54, 1.807) is 0 Å². The van der Waals surface area contributed by atoms with Crippen LogP contribution in [0.3, 0.4) is 0 Å². The van der Waals surface area contributed by atoms with Crippen LogP contribution in [0.4, 0.5) is 0 Å². The van der Waals surface area contributed by atoms with Gasteiger partial charge in [-0.25, -0.2) is 0 Å². The fourth-order valence-corrected chi connectivity index (χ4v) is 2.19. The van der Waals surface area contributed by atoms with Crippen molar-refractivity contribution in [3.05, 3.63) is 29.6 Å². The summed E-state index contributed by atoms with van der Waals surface area (Å²) in [6, 6.07) is 4.12. The summed E-state index contributed by atoms with van der Waals surface area (Å²) < 4.78 is 5.70. The molecule has 3 nitrogen and oxygen atoms in total. The monoisotopic (exact) mass is 220 g/mol. The third kappa shape index (κ3) is 2.80. The van der Waals surface area contributed by atoms with E-state index in [1.807, 2.05) is 12.3 Å². The Kier molecular flexibility index (Phi) is 3.91. The number of nitrogens with two attached hydrogens (primary N) is 1. The molecule has 2 heterocycles. The Morgan fingerprint density at radius 1 is 1.56 bits per heavy atom. The van der Waals surface area contributed by atoms with E-state index in [0.717, 1.165) is 25.1 Å². The fourth-order valence-electron chi connectivity index (χ4n) is 2.19. The van der Waals surface area contributed by atoms with Crippen molar-refractivity contribution in [2.24, 2.45) is 5.73 Å². The summed E-state index contributed by atoms with van der Waals surface area (Å²) in [6.45, 7) is 2.94. The molecule has 1 saturated heterocycles. The van der Waals surface area contributed by atoms with Crippen molar-refractivity contribution in [3.8, 4) is 0 Å². The average Bonchev–Trinajstić information content (AvgIpc) is 2.33. The number of rotatable bonds is 3. The molecule has 0 spiro atoms. The molecule has 16 heavy (non-hydrogen) atoms. The molecule has 0 bridgehead atoms. The van der Waals surface area contributed by atoms with Crippen molar-refractivity contribution >= 4 is 0 Å². The Hall–Kier alpha value is -0.930. The first-order chi connectivity index (χ1) is 7.77. The Bertz CT molecular complexity index is 334. The summed E-state index contributed by atoms with van der Waals surface area (Å²) in [7, 11) is 0. The molecule has 2 atom stereocenters. The molecule has 1 fully saturated rings. The maximum absolute atomic E-state index is 6.18. The average molecular weight is 220 g/mol. The molecule has 2 unspecified atom stereocenters. The van der Waals surface area contributed by atoms with Crippen molar-refractivity contribution in [2.75, 3.05) is 6.61 Å². The molecule has 1 aromatic rings. The van der Waals surface area contributed by atoms with E-state index in [-0.39, 0.29) is 12.1 Å². The van der Waals surface area contributed by atoms with Gasteiger partial charge in [-0.05, 0) is 37.8 Å². The summed E-state index contributed by atoms with van der Waals surface area (Å²) in [4.78, 5) is 4.38. The van der Waals surface area contributed by atoms with Crippen LogP contribution in [-0.4, -0.2) is 23.7 Å². The Morgan fingerprint density at radius 3 is 3.12 bits per heavy atom. The van der Waals surface area contributed by atoms with Gasteiger partial charge in [0.15, 0.2) is 0 Å². The van der Waals surface area contributed by atoms with Gasteiger partial charge < -0.3 is 10.5 Å². The van der Waals surface area contributed by atoms with Gasteiger partial charge in [0, 0.05) is 31.0 Å². The molecule has 3 heteroatoms. The van der Waals surface area contributed by atoms with E-state index < -0.39 is 0 Å². The molecular weight excluding hydrogens is 200 g/mol. The van der Waals surface area contributed by atoms with Gasteiger partial charge in [-0.3, -0.25) is 4.98 Å². The van der Waals surface area contributed by atoms with Gasteiger partial charge in [-0.1, -0.05) is 6.07 Å². The molecule has 2 rings (SSSR count). The summed E-state index contributed by atoms with van der Waals surface area (Å²) in [5.74, 6) is 0. The molecule has 0 aromatic carbocycles. The van der Waals surface area contributed by atoms with Crippen LogP contribution in [0.15, 0.2) is 18.3 Å². The van der Waals surface area contributed by atoms with Crippen LogP contribution in [0.5, 0.6) is 0 Å². The molecule has 0 amide bonds. The predicted molar refractivity (Wildman–Crippen MR) is 64.2 cm³/mol. The van der Waals surface area contributed by atoms with Gasteiger partial charge in [0.1, 0.15) is 0 Å². The molecule has 0 saturated carbocycles. The van der Waals surface area contributed by atoms with Crippen LogP contribution < -0.4 is 5.73 Å². The smallest absolute Gasteiger partial charge is 0.0729 e. The summed E-state index contributed by atoms with van der Waals surface area (Å²) in [6.07, 6.45) is 6.36. The highest BCUT2D eigenvalue weighted by Gasteiger charge is 2.22. The van der Waals surface area contributed by atoms with Crippen molar-refractivity contribution in [3.63, 3.8) is 0 Å². The quantitative estimate of drug-likeness (QED) is 0.845. The van der Waals surface area contributed by atoms with Crippen LogP contribution in [0, 0.1) is 6.92 Å². The highest BCUT2D eigenvalue weighted by atomic mass is 16.5. The van der Waals surface area contributed by atoms with Gasteiger partial charge in [-0.2, -0.15) is 0 Å². The lowest BCUT2D eigenvalue weighted by Gasteiger charge is -2.28. The third-order valence-electron chi connectivity index (χ3n) is 3.24. The zero-order valence-corrected chi connectivity index (χ0v) is 9.86. The number of pyridine rings is 1. The van der Waals surface area contributed by atoms with Crippen LogP contribution in [-0.2, 0) is 11.2 Å². The second-order valence-corrected chi connectivity index (χ2v) is 4.54. The van der Waals surface area contributed by atoms with Crippen LogP contribution in [0.1, 0.15) is 30.5 Å². The number of aryl methyl sites for hydroxylation is 1. The van der Waals surface area contributed by atoms with Crippen molar-refractivity contribution < 1.29 is 4.74 Å². The first-order valence-corrected chi connectivity index (χ1v) is 6.05. The lowest BCUT2D eigenvalue weighted by molar-refractivity contribution is 0.000447. The number of aromatic nitrogens is 1. The van der Waals surface area contributed by atoms with Crippen molar-refractivity contribution in [1.29, 1.82) is 0 Å². The summed E-state index contributed by atoms with van der Waals surface area (Å²) >= 11 is 0. The molecule has 0 aliphatic carbocycles. The zero-order chi connectivity index (χ0) is 11.4. The molecule has 1 aliphatic heterocycles. The van der Waals surface area contributed by atoms with E-state index in [1.165, 1.54) is 18.4 Å². The van der Waals surface area contributed by atoms with E-state index in [9.17, 15) is 0 Å². The Balaban J connectivity index is 1.96. The highest BCUT2D eigenvalue weighted by Crippen LogP contribution is 2.17. The van der Waals surface area contributed by atoms with Crippen LogP contribution >= 0.6 is 0 Å². The maximum atomic E-state index is 6.18. The van der Waals surface area contributed by atoms with Crippen LogP contribution in [0.25, 0.3) is 0 Å². The van der Waals surface area contributed by atoms with Gasteiger partial charge in [0.25, 0.3) is 0 Å². The van der Waals surface area contributed by atoms with E-state index in [4.69, 9.17) is 10.5 Å². The van der Waals surface area contributed by atoms with E-state index >= 15 is 0 Å². The summed E-state index contributed by atoms with van der Waals surface area (Å²) in [5, 5.41) is 0.